The van der Waals surface area contributed by atoms with E-state index in [1.165, 1.54) is 22.3 Å². The molecule has 4 nitrogen and oxygen atoms in total. The van der Waals surface area contributed by atoms with Crippen molar-refractivity contribution >= 4 is 11.4 Å². The van der Waals surface area contributed by atoms with E-state index in [0.717, 1.165) is 16.5 Å². The number of nitrogen functional groups attached to an aromatic ring is 1. The monoisotopic (exact) mass is 374 g/mol. The Kier molecular flexibility index (Phi) is 5.20. The van der Waals surface area contributed by atoms with E-state index in [1.54, 1.807) is 0 Å². The Hall–Kier alpha value is -2.82. The van der Waals surface area contributed by atoms with Crippen LogP contribution in [-0.2, 0) is 10.8 Å². The molecule has 6 N–H and O–H groups in total. The summed E-state index contributed by atoms with van der Waals surface area (Å²) in [6.45, 7) is 8.93. The van der Waals surface area contributed by atoms with Gasteiger partial charge in [-0.05, 0) is 46.5 Å². The molecule has 0 unspecified atom stereocenters. The number of rotatable bonds is 5. The van der Waals surface area contributed by atoms with E-state index < -0.39 is 0 Å². The highest BCUT2D eigenvalue weighted by atomic mass is 15.6. The Morgan fingerprint density at radius 3 is 1.14 bits per heavy atom. The molecule has 4 heteroatoms. The van der Waals surface area contributed by atoms with E-state index in [4.69, 9.17) is 17.4 Å². The highest BCUT2D eigenvalue weighted by Gasteiger charge is 2.26. The van der Waals surface area contributed by atoms with Crippen LogP contribution in [0.15, 0.2) is 72.8 Å². The van der Waals surface area contributed by atoms with Crippen LogP contribution >= 0.6 is 0 Å². The maximum Gasteiger partial charge on any atom is 0.0697 e. The van der Waals surface area contributed by atoms with Crippen molar-refractivity contribution in [2.75, 3.05) is 10.9 Å². The first-order valence-electron chi connectivity index (χ1n) is 9.49. The Labute approximate surface area is 167 Å². The first kappa shape index (κ1) is 19.9. The van der Waals surface area contributed by atoms with Gasteiger partial charge in [-0.2, -0.15) is 0 Å². The number of benzene rings is 3. The molecule has 0 radical (unpaired) electrons. The van der Waals surface area contributed by atoms with Crippen LogP contribution in [-0.4, -0.2) is 0 Å². The maximum absolute atomic E-state index is 5.84. The number of hydrogen-bond acceptors (Lipinski definition) is 4. The van der Waals surface area contributed by atoms with Crippen LogP contribution in [0.3, 0.4) is 0 Å². The predicted octanol–water partition coefficient (Wildman–Crippen LogP) is 4.47. The molecule has 0 amide bonds. The van der Waals surface area contributed by atoms with Gasteiger partial charge >= 0.3 is 0 Å². The minimum atomic E-state index is -0.129. The van der Waals surface area contributed by atoms with E-state index >= 15 is 0 Å². The molecule has 0 aliphatic carbocycles. The largest absolute Gasteiger partial charge is 0.399 e. The van der Waals surface area contributed by atoms with Gasteiger partial charge in [0.2, 0.25) is 0 Å². The Bertz CT molecular complexity index is 922. The normalized spacial score (nSPS) is 12.1. The highest BCUT2D eigenvalue weighted by Crippen LogP contribution is 2.36. The third-order valence-corrected chi connectivity index (χ3v) is 5.85. The van der Waals surface area contributed by atoms with Gasteiger partial charge in [-0.3, -0.25) is 0 Å². The lowest BCUT2D eigenvalue weighted by Gasteiger charge is -2.30. The second-order valence-corrected chi connectivity index (χ2v) is 8.40. The minimum Gasteiger partial charge on any atom is -0.399 e. The fourth-order valence-corrected chi connectivity index (χ4v) is 3.59. The second-order valence-electron chi connectivity index (χ2n) is 8.40. The molecule has 28 heavy (non-hydrogen) atoms. The Balaban J connectivity index is 1.89. The average Bonchev–Trinajstić information content (AvgIpc) is 2.68. The van der Waals surface area contributed by atoms with Crippen LogP contribution in [0.25, 0.3) is 0 Å². The average molecular weight is 375 g/mol. The summed E-state index contributed by atoms with van der Waals surface area (Å²) in [4.78, 5) is 0. The Morgan fingerprint density at radius 2 is 0.821 bits per heavy atom. The van der Waals surface area contributed by atoms with E-state index in [-0.39, 0.29) is 10.8 Å². The summed E-state index contributed by atoms with van der Waals surface area (Å²) in [5.74, 6) is 11.2. The zero-order valence-corrected chi connectivity index (χ0v) is 17.1. The molecule has 3 aromatic rings. The van der Waals surface area contributed by atoms with Gasteiger partial charge < -0.3 is 5.73 Å². The first-order chi connectivity index (χ1) is 13.1. The van der Waals surface area contributed by atoms with Gasteiger partial charge in [0.1, 0.15) is 0 Å². The molecule has 3 rings (SSSR count). The van der Waals surface area contributed by atoms with Crippen LogP contribution in [0, 0.1) is 0 Å². The summed E-state index contributed by atoms with van der Waals surface area (Å²) in [5.41, 5.74) is 12.2. The summed E-state index contributed by atoms with van der Waals surface area (Å²) >= 11 is 0. The van der Waals surface area contributed by atoms with E-state index in [2.05, 4.69) is 76.2 Å². The third-order valence-electron chi connectivity index (χ3n) is 5.85. The first-order valence-corrected chi connectivity index (χ1v) is 9.49. The van der Waals surface area contributed by atoms with Crippen LogP contribution in [0.5, 0.6) is 0 Å². The van der Waals surface area contributed by atoms with Crippen LogP contribution in [0.1, 0.15) is 49.9 Å². The molecule has 3 aromatic carbocycles. The lowest BCUT2D eigenvalue weighted by atomic mass is 9.74. The SMILES string of the molecule is CC(C)(c1ccc(N)cc1)c1ccc(C(C)(C)c2ccc(N(N)N)cc2)cc1. The van der Waals surface area contributed by atoms with Gasteiger partial charge in [0.25, 0.3) is 0 Å². The van der Waals surface area contributed by atoms with Gasteiger partial charge in [-0.15, -0.1) is 0 Å². The standard InChI is InChI=1S/C24H30N4/c1-23(2,19-9-13-21(25)14-10-19)17-5-7-18(8-6-17)24(3,4)20-11-15-22(16-12-20)28(26)27/h5-16H,25-27H2,1-4H3. The molecule has 0 aliphatic heterocycles. The molecule has 0 fully saturated rings. The molecule has 146 valence electrons. The molecule has 0 saturated carbocycles. The maximum atomic E-state index is 5.84. The van der Waals surface area contributed by atoms with Crippen LogP contribution < -0.4 is 22.5 Å². The molecule has 0 spiro atoms. The van der Waals surface area contributed by atoms with Crippen molar-refractivity contribution in [2.45, 2.75) is 38.5 Å². The summed E-state index contributed by atoms with van der Waals surface area (Å²) < 4.78 is 0. The smallest absolute Gasteiger partial charge is 0.0697 e. The minimum absolute atomic E-state index is 0.0935. The number of anilines is 2. The van der Waals surface area contributed by atoms with Gasteiger partial charge in [-0.25, -0.2) is 16.8 Å². The number of hydrazine groups is 2. The molecular weight excluding hydrogens is 344 g/mol. The zero-order chi connectivity index (χ0) is 20.5. The fraction of sp³-hybridized carbons (Fsp3) is 0.250. The molecule has 0 aliphatic rings. The lowest BCUT2D eigenvalue weighted by molar-refractivity contribution is 0.626. The van der Waals surface area contributed by atoms with Crippen molar-refractivity contribution in [3.05, 3.63) is 95.1 Å². The molecule has 0 aromatic heterocycles. The van der Waals surface area contributed by atoms with Crippen molar-refractivity contribution in [1.82, 2.24) is 0 Å². The third kappa shape index (κ3) is 3.75. The Morgan fingerprint density at radius 1 is 0.536 bits per heavy atom. The molecule has 0 bridgehead atoms. The van der Waals surface area contributed by atoms with Crippen molar-refractivity contribution in [1.29, 1.82) is 0 Å². The van der Waals surface area contributed by atoms with Gasteiger partial charge in [0.05, 0.1) is 5.69 Å². The summed E-state index contributed by atoms with van der Waals surface area (Å²) in [5, 5.41) is 1.13. The topological polar surface area (TPSA) is 81.3 Å². The highest BCUT2D eigenvalue weighted by molar-refractivity contribution is 5.49. The second kappa shape index (κ2) is 7.30. The van der Waals surface area contributed by atoms with Crippen molar-refractivity contribution in [3.63, 3.8) is 0 Å². The van der Waals surface area contributed by atoms with Crippen molar-refractivity contribution in [3.8, 4) is 0 Å². The van der Waals surface area contributed by atoms with E-state index in [0.29, 0.717) is 0 Å². The van der Waals surface area contributed by atoms with Crippen LogP contribution in [0.4, 0.5) is 11.4 Å². The van der Waals surface area contributed by atoms with Gasteiger partial charge in [-0.1, -0.05) is 76.2 Å². The lowest BCUT2D eigenvalue weighted by Crippen LogP contribution is -2.37. The van der Waals surface area contributed by atoms with E-state index in [1.807, 2.05) is 24.3 Å². The molecule has 0 saturated heterocycles. The number of nitrogens with two attached hydrogens (primary N) is 3. The van der Waals surface area contributed by atoms with Crippen LogP contribution in [0.2, 0.25) is 0 Å². The number of nitrogens with zero attached hydrogens (tertiary/aromatic N) is 1. The zero-order valence-electron chi connectivity index (χ0n) is 17.1. The molecule has 0 heterocycles. The molecule has 0 atom stereocenters. The summed E-state index contributed by atoms with van der Waals surface area (Å²) in [6, 6.07) is 25.1. The predicted molar refractivity (Wildman–Crippen MR) is 119 cm³/mol. The van der Waals surface area contributed by atoms with Crippen molar-refractivity contribution in [2.24, 2.45) is 11.7 Å². The van der Waals surface area contributed by atoms with Gasteiger partial charge in [0.15, 0.2) is 0 Å². The summed E-state index contributed by atoms with van der Waals surface area (Å²) in [7, 11) is 0. The summed E-state index contributed by atoms with van der Waals surface area (Å²) in [6.07, 6.45) is 0. The van der Waals surface area contributed by atoms with Gasteiger partial charge in [0, 0.05) is 16.5 Å². The van der Waals surface area contributed by atoms with Crippen molar-refractivity contribution < 1.29 is 0 Å². The quantitative estimate of drug-likeness (QED) is 0.349. The van der Waals surface area contributed by atoms with E-state index in [9.17, 15) is 0 Å². The number of hydrogen-bond donors (Lipinski definition) is 3. The fourth-order valence-electron chi connectivity index (χ4n) is 3.59. The molecular formula is C24H30N4.